The Bertz CT molecular complexity index is 531. The molecule has 3 heteroatoms. The predicted octanol–water partition coefficient (Wildman–Crippen LogP) is 4.43. The molecule has 0 fully saturated rings. The van der Waals surface area contributed by atoms with Crippen LogP contribution in [0.3, 0.4) is 0 Å². The highest BCUT2D eigenvalue weighted by Crippen LogP contribution is 2.32. The third-order valence-electron chi connectivity index (χ3n) is 3.01. The molecule has 0 aliphatic carbocycles. The molecule has 0 saturated carbocycles. The third kappa shape index (κ3) is 2.70. The van der Waals surface area contributed by atoms with Crippen LogP contribution in [0, 0.1) is 13.8 Å². The molecular weight excluding hydrogens is 248 g/mol. The first-order valence-corrected chi connectivity index (χ1v) is 6.38. The molecule has 0 saturated heterocycles. The zero-order chi connectivity index (χ0) is 13.1. The lowest BCUT2D eigenvalue weighted by Crippen LogP contribution is -1.98. The fourth-order valence-electron chi connectivity index (χ4n) is 2.14. The van der Waals surface area contributed by atoms with Crippen LogP contribution in [0.1, 0.15) is 28.0 Å². The molecule has 0 N–H and O–H groups in total. The Kier molecular flexibility index (Phi) is 3.97. The summed E-state index contributed by atoms with van der Waals surface area (Å²) >= 11 is 6.47. The van der Waals surface area contributed by atoms with Gasteiger partial charge in [0.05, 0.1) is 12.5 Å². The summed E-state index contributed by atoms with van der Waals surface area (Å²) in [4.78, 5) is 0. The minimum absolute atomic E-state index is 0.0984. The Hall–Kier alpha value is -1.41. The summed E-state index contributed by atoms with van der Waals surface area (Å²) in [6, 6.07) is 9.94. The molecule has 2 rings (SSSR count). The van der Waals surface area contributed by atoms with Gasteiger partial charge in [-0.25, -0.2) is 0 Å². The highest BCUT2D eigenvalue weighted by atomic mass is 35.5. The molecule has 0 radical (unpaired) electrons. The maximum Gasteiger partial charge on any atom is 0.122 e. The van der Waals surface area contributed by atoms with Gasteiger partial charge in [-0.05, 0) is 38.0 Å². The van der Waals surface area contributed by atoms with Crippen molar-refractivity contribution in [2.75, 3.05) is 7.11 Å². The van der Waals surface area contributed by atoms with Crippen molar-refractivity contribution < 1.29 is 9.15 Å². The average Bonchev–Trinajstić information content (AvgIpc) is 2.69. The largest absolute Gasteiger partial charge is 0.496 e. The standard InChI is InChI=1S/C15H17ClO2/c1-10-8-13(11(2)18-10)14(16)9-12-6-4-5-7-15(12)17-3/h4-8,14H,9H2,1-3H3. The van der Waals surface area contributed by atoms with Crippen LogP contribution in [-0.4, -0.2) is 7.11 Å². The van der Waals surface area contributed by atoms with E-state index in [0.717, 1.165) is 34.8 Å². The maximum atomic E-state index is 6.47. The van der Waals surface area contributed by atoms with E-state index in [4.69, 9.17) is 20.8 Å². The Balaban J connectivity index is 2.21. The summed E-state index contributed by atoms with van der Waals surface area (Å²) in [6.07, 6.45) is 0.728. The first-order valence-electron chi connectivity index (χ1n) is 5.94. The number of methoxy groups -OCH3 is 1. The second kappa shape index (κ2) is 5.49. The topological polar surface area (TPSA) is 22.4 Å². The number of aryl methyl sites for hydroxylation is 2. The number of hydrogen-bond donors (Lipinski definition) is 0. The molecule has 1 atom stereocenters. The van der Waals surface area contributed by atoms with Gasteiger partial charge in [0.2, 0.25) is 0 Å². The number of halogens is 1. The van der Waals surface area contributed by atoms with Crippen molar-refractivity contribution in [3.63, 3.8) is 0 Å². The minimum atomic E-state index is -0.0984. The van der Waals surface area contributed by atoms with Crippen molar-refractivity contribution in [1.29, 1.82) is 0 Å². The zero-order valence-corrected chi connectivity index (χ0v) is 11.6. The third-order valence-corrected chi connectivity index (χ3v) is 3.40. The van der Waals surface area contributed by atoms with Gasteiger partial charge in [0, 0.05) is 5.56 Å². The Labute approximate surface area is 113 Å². The molecule has 0 amide bonds. The van der Waals surface area contributed by atoms with E-state index in [2.05, 4.69) is 0 Å². The van der Waals surface area contributed by atoms with Crippen LogP contribution in [0.15, 0.2) is 34.7 Å². The van der Waals surface area contributed by atoms with Crippen LogP contribution in [0.25, 0.3) is 0 Å². The van der Waals surface area contributed by atoms with Crippen LogP contribution < -0.4 is 4.74 Å². The van der Waals surface area contributed by atoms with Gasteiger partial charge < -0.3 is 9.15 Å². The molecule has 1 aromatic heterocycles. The van der Waals surface area contributed by atoms with Crippen molar-refractivity contribution in [1.82, 2.24) is 0 Å². The molecule has 0 aliphatic heterocycles. The number of furan rings is 1. The molecule has 96 valence electrons. The monoisotopic (exact) mass is 264 g/mol. The normalized spacial score (nSPS) is 12.4. The van der Waals surface area contributed by atoms with Gasteiger partial charge in [0.25, 0.3) is 0 Å². The van der Waals surface area contributed by atoms with E-state index < -0.39 is 0 Å². The first kappa shape index (κ1) is 13.0. The van der Waals surface area contributed by atoms with Crippen molar-refractivity contribution in [2.24, 2.45) is 0 Å². The smallest absolute Gasteiger partial charge is 0.122 e. The first-order chi connectivity index (χ1) is 8.61. The number of alkyl halides is 1. The summed E-state index contributed by atoms with van der Waals surface area (Å²) in [5, 5.41) is -0.0984. The molecule has 18 heavy (non-hydrogen) atoms. The van der Waals surface area contributed by atoms with Gasteiger partial charge in [-0.2, -0.15) is 0 Å². The maximum absolute atomic E-state index is 6.47. The lowest BCUT2D eigenvalue weighted by molar-refractivity contribution is 0.409. The Morgan fingerprint density at radius 1 is 1.28 bits per heavy atom. The molecule has 0 aliphatic rings. The quantitative estimate of drug-likeness (QED) is 0.763. The number of ether oxygens (including phenoxy) is 1. The molecular formula is C15H17ClO2. The van der Waals surface area contributed by atoms with Gasteiger partial charge in [-0.1, -0.05) is 18.2 Å². The fourth-order valence-corrected chi connectivity index (χ4v) is 2.52. The van der Waals surface area contributed by atoms with E-state index in [-0.39, 0.29) is 5.38 Å². The van der Waals surface area contributed by atoms with Gasteiger partial charge in [0.1, 0.15) is 17.3 Å². The van der Waals surface area contributed by atoms with Gasteiger partial charge in [0.15, 0.2) is 0 Å². The number of para-hydroxylation sites is 1. The van der Waals surface area contributed by atoms with E-state index in [1.165, 1.54) is 0 Å². The summed E-state index contributed by atoms with van der Waals surface area (Å²) in [5.74, 6) is 2.66. The highest BCUT2D eigenvalue weighted by molar-refractivity contribution is 6.21. The summed E-state index contributed by atoms with van der Waals surface area (Å²) < 4.78 is 10.8. The molecule has 0 bridgehead atoms. The summed E-state index contributed by atoms with van der Waals surface area (Å²) in [6.45, 7) is 3.88. The van der Waals surface area contributed by atoms with Crippen molar-refractivity contribution in [3.05, 3.63) is 53.0 Å². The SMILES string of the molecule is COc1ccccc1CC(Cl)c1cc(C)oc1C. The van der Waals surface area contributed by atoms with Crippen LogP contribution in [0.5, 0.6) is 5.75 Å². The van der Waals surface area contributed by atoms with Crippen LogP contribution in [-0.2, 0) is 6.42 Å². The molecule has 2 aromatic rings. The van der Waals surface area contributed by atoms with E-state index >= 15 is 0 Å². The Morgan fingerprint density at radius 2 is 2.00 bits per heavy atom. The van der Waals surface area contributed by atoms with Gasteiger partial charge >= 0.3 is 0 Å². The van der Waals surface area contributed by atoms with Crippen LogP contribution >= 0.6 is 11.6 Å². The lowest BCUT2D eigenvalue weighted by Gasteiger charge is -2.12. The van der Waals surface area contributed by atoms with Crippen molar-refractivity contribution >= 4 is 11.6 Å². The van der Waals surface area contributed by atoms with Crippen LogP contribution in [0.2, 0.25) is 0 Å². The van der Waals surface area contributed by atoms with Gasteiger partial charge in [-0.15, -0.1) is 11.6 Å². The molecule has 1 aromatic carbocycles. The number of rotatable bonds is 4. The lowest BCUT2D eigenvalue weighted by atomic mass is 10.0. The molecule has 1 heterocycles. The van der Waals surface area contributed by atoms with Crippen LogP contribution in [0.4, 0.5) is 0 Å². The van der Waals surface area contributed by atoms with Crippen molar-refractivity contribution in [2.45, 2.75) is 25.6 Å². The number of benzene rings is 1. The fraction of sp³-hybridized carbons (Fsp3) is 0.333. The van der Waals surface area contributed by atoms with Crippen molar-refractivity contribution in [3.8, 4) is 5.75 Å². The second-order valence-corrected chi connectivity index (χ2v) is 4.88. The Morgan fingerprint density at radius 3 is 2.61 bits per heavy atom. The predicted molar refractivity (Wildman–Crippen MR) is 73.5 cm³/mol. The highest BCUT2D eigenvalue weighted by Gasteiger charge is 2.16. The molecule has 0 spiro atoms. The zero-order valence-electron chi connectivity index (χ0n) is 10.9. The van der Waals surface area contributed by atoms with E-state index in [1.807, 2.05) is 44.2 Å². The summed E-state index contributed by atoms with van der Waals surface area (Å²) in [7, 11) is 1.68. The molecule has 1 unspecified atom stereocenters. The van der Waals surface area contributed by atoms with E-state index in [9.17, 15) is 0 Å². The molecule has 2 nitrogen and oxygen atoms in total. The minimum Gasteiger partial charge on any atom is -0.496 e. The average molecular weight is 265 g/mol. The summed E-state index contributed by atoms with van der Waals surface area (Å²) in [5.41, 5.74) is 2.17. The second-order valence-electron chi connectivity index (χ2n) is 4.35. The van der Waals surface area contributed by atoms with Gasteiger partial charge in [-0.3, -0.25) is 0 Å². The van der Waals surface area contributed by atoms with E-state index in [1.54, 1.807) is 7.11 Å². The van der Waals surface area contributed by atoms with E-state index in [0.29, 0.717) is 0 Å². The number of hydrogen-bond acceptors (Lipinski definition) is 2.